The Morgan fingerprint density at radius 2 is 1.68 bits per heavy atom. The third-order valence-corrected chi connectivity index (χ3v) is 4.58. The molecule has 0 amide bonds. The lowest BCUT2D eigenvalue weighted by Crippen LogP contribution is -2.13. The molecule has 3 rings (SSSR count). The summed E-state index contributed by atoms with van der Waals surface area (Å²) in [5, 5.41) is 9.07. The van der Waals surface area contributed by atoms with Crippen molar-refractivity contribution in [3.63, 3.8) is 0 Å². The molecule has 144 valence electrons. The number of rotatable bonds is 8. The fraction of sp³-hybridized carbons (Fsp3) is 0.182. The largest absolute Gasteiger partial charge is 0.497 e. The number of carbonyl (C=O) groups is 2. The topological polar surface area (TPSA) is 94.5 Å². The van der Waals surface area contributed by atoms with Crippen molar-refractivity contribution in [3.05, 3.63) is 71.9 Å². The Balaban J connectivity index is 2.05. The van der Waals surface area contributed by atoms with Crippen LogP contribution < -0.4 is 10.5 Å². The number of aliphatic carboxylic acids is 1. The molecule has 0 radical (unpaired) electrons. The maximum Gasteiger partial charge on any atom is 0.303 e. The average Bonchev–Trinajstić information content (AvgIpc) is 3.15. The summed E-state index contributed by atoms with van der Waals surface area (Å²) in [5.74, 6) is -0.208. The van der Waals surface area contributed by atoms with Crippen molar-refractivity contribution in [1.29, 1.82) is 0 Å². The van der Waals surface area contributed by atoms with Gasteiger partial charge in [0, 0.05) is 16.9 Å². The minimum Gasteiger partial charge on any atom is -0.497 e. The molecular formula is C22H22N2O4. The number of carbonyl (C=O) groups excluding carboxylic acids is 1. The summed E-state index contributed by atoms with van der Waals surface area (Å²) in [5.41, 5.74) is 9.62. The van der Waals surface area contributed by atoms with E-state index in [-0.39, 0.29) is 18.7 Å². The Labute approximate surface area is 163 Å². The second-order valence-electron chi connectivity index (χ2n) is 6.34. The van der Waals surface area contributed by atoms with E-state index in [4.69, 9.17) is 15.6 Å². The predicted molar refractivity (Wildman–Crippen MR) is 107 cm³/mol. The van der Waals surface area contributed by atoms with Crippen LogP contribution in [0, 0.1) is 0 Å². The molecule has 0 aliphatic carbocycles. The summed E-state index contributed by atoms with van der Waals surface area (Å²) in [6.07, 6.45) is 0.435. The second-order valence-corrected chi connectivity index (χ2v) is 6.34. The quantitative estimate of drug-likeness (QED) is 0.587. The zero-order valence-electron chi connectivity index (χ0n) is 15.6. The summed E-state index contributed by atoms with van der Waals surface area (Å²) < 4.78 is 7.24. The molecule has 0 aliphatic heterocycles. The number of ether oxygens (including phenoxy) is 1. The van der Waals surface area contributed by atoms with E-state index in [1.54, 1.807) is 19.2 Å². The number of aromatic nitrogens is 1. The van der Waals surface area contributed by atoms with Gasteiger partial charge in [0.05, 0.1) is 25.8 Å². The summed E-state index contributed by atoms with van der Waals surface area (Å²) in [6.45, 7) is -0.0379. The smallest absolute Gasteiger partial charge is 0.303 e. The minimum atomic E-state index is -0.845. The van der Waals surface area contributed by atoms with Gasteiger partial charge in [0.2, 0.25) is 0 Å². The van der Waals surface area contributed by atoms with Crippen molar-refractivity contribution in [2.45, 2.75) is 12.8 Å². The Morgan fingerprint density at radius 1 is 1.00 bits per heavy atom. The van der Waals surface area contributed by atoms with Gasteiger partial charge >= 0.3 is 5.97 Å². The van der Waals surface area contributed by atoms with Crippen molar-refractivity contribution in [2.75, 3.05) is 13.7 Å². The normalized spacial score (nSPS) is 10.6. The third kappa shape index (κ3) is 4.13. The summed E-state index contributed by atoms with van der Waals surface area (Å²) in [6, 6.07) is 18.8. The van der Waals surface area contributed by atoms with E-state index in [1.165, 1.54) is 0 Å². The zero-order chi connectivity index (χ0) is 20.1. The van der Waals surface area contributed by atoms with Crippen molar-refractivity contribution >= 4 is 11.8 Å². The van der Waals surface area contributed by atoms with Gasteiger partial charge in [-0.25, -0.2) is 0 Å². The molecule has 0 saturated carbocycles. The maximum absolute atomic E-state index is 11.8. The molecule has 3 aromatic rings. The third-order valence-electron chi connectivity index (χ3n) is 4.58. The monoisotopic (exact) mass is 378 g/mol. The summed E-state index contributed by atoms with van der Waals surface area (Å²) >= 11 is 0. The van der Waals surface area contributed by atoms with Gasteiger partial charge in [-0.05, 0) is 72.6 Å². The maximum atomic E-state index is 11.8. The van der Waals surface area contributed by atoms with Gasteiger partial charge in [0.25, 0.3) is 0 Å². The number of carboxylic acid groups (broad SMARTS) is 1. The van der Waals surface area contributed by atoms with Gasteiger partial charge in [-0.3, -0.25) is 9.59 Å². The Bertz CT molecular complexity index is 973. The highest BCUT2D eigenvalue weighted by atomic mass is 16.5. The van der Waals surface area contributed by atoms with Crippen LogP contribution in [0.2, 0.25) is 0 Å². The first-order chi connectivity index (χ1) is 13.5. The van der Waals surface area contributed by atoms with E-state index in [0.29, 0.717) is 12.0 Å². The fourth-order valence-electron chi connectivity index (χ4n) is 3.12. The predicted octanol–water partition coefficient (Wildman–Crippen LogP) is 3.31. The molecule has 0 spiro atoms. The van der Waals surface area contributed by atoms with Gasteiger partial charge in [0.15, 0.2) is 5.78 Å². The van der Waals surface area contributed by atoms with Gasteiger partial charge < -0.3 is 20.1 Å². The highest BCUT2D eigenvalue weighted by molar-refractivity contribution is 5.97. The number of hydrogen-bond acceptors (Lipinski definition) is 4. The van der Waals surface area contributed by atoms with Gasteiger partial charge in [-0.2, -0.15) is 0 Å². The number of ketones is 1. The molecule has 0 atom stereocenters. The molecule has 28 heavy (non-hydrogen) atoms. The average molecular weight is 378 g/mol. The van der Waals surface area contributed by atoms with Crippen molar-refractivity contribution < 1.29 is 19.4 Å². The summed E-state index contributed by atoms with van der Waals surface area (Å²) in [4.78, 5) is 22.8. The Morgan fingerprint density at radius 3 is 2.25 bits per heavy atom. The van der Waals surface area contributed by atoms with Crippen LogP contribution in [0.1, 0.15) is 22.5 Å². The number of nitrogens with two attached hydrogens (primary N) is 1. The van der Waals surface area contributed by atoms with E-state index >= 15 is 0 Å². The first kappa shape index (κ1) is 19.4. The minimum absolute atomic E-state index is 0.0375. The van der Waals surface area contributed by atoms with E-state index in [0.717, 1.165) is 28.4 Å². The molecule has 0 saturated heterocycles. The van der Waals surface area contributed by atoms with Crippen LogP contribution in [-0.2, 0) is 11.2 Å². The van der Waals surface area contributed by atoms with E-state index in [1.807, 2.05) is 53.1 Å². The number of benzene rings is 2. The van der Waals surface area contributed by atoms with Crippen molar-refractivity contribution in [2.24, 2.45) is 5.73 Å². The molecule has 3 N–H and O–H groups in total. The molecule has 0 unspecified atom stereocenters. The molecule has 1 heterocycles. The molecule has 0 aliphatic rings. The highest BCUT2D eigenvalue weighted by Gasteiger charge is 2.14. The number of nitrogens with zero attached hydrogens (tertiary/aromatic N) is 1. The van der Waals surface area contributed by atoms with Crippen LogP contribution in [0.5, 0.6) is 5.75 Å². The highest BCUT2D eigenvalue weighted by Crippen LogP contribution is 2.29. The van der Waals surface area contributed by atoms with Crippen LogP contribution >= 0.6 is 0 Å². The van der Waals surface area contributed by atoms with Gasteiger partial charge in [-0.1, -0.05) is 0 Å². The molecule has 0 bridgehead atoms. The number of carboxylic acids is 1. The first-order valence-corrected chi connectivity index (χ1v) is 8.94. The molecule has 6 nitrogen and oxygen atoms in total. The Kier molecular flexibility index (Phi) is 5.91. The van der Waals surface area contributed by atoms with Crippen LogP contribution in [0.4, 0.5) is 0 Å². The van der Waals surface area contributed by atoms with E-state index in [9.17, 15) is 9.59 Å². The molecule has 1 aromatic heterocycles. The lowest BCUT2D eigenvalue weighted by molar-refractivity contribution is -0.136. The van der Waals surface area contributed by atoms with Crippen LogP contribution in [0.15, 0.2) is 60.7 Å². The number of Topliss-reactive ketones (excluding diaryl/α,β-unsaturated/α-hetero) is 1. The van der Waals surface area contributed by atoms with Gasteiger partial charge in [0.1, 0.15) is 5.75 Å². The second kappa shape index (κ2) is 8.54. The summed E-state index contributed by atoms with van der Waals surface area (Å²) in [7, 11) is 1.62. The van der Waals surface area contributed by atoms with E-state index in [2.05, 4.69) is 0 Å². The molecule has 2 aromatic carbocycles. The lowest BCUT2D eigenvalue weighted by Gasteiger charge is -2.15. The molecule has 6 heteroatoms. The first-order valence-electron chi connectivity index (χ1n) is 8.94. The number of aryl methyl sites for hydroxylation is 1. The number of methoxy groups -OCH3 is 1. The molecule has 0 fully saturated rings. The van der Waals surface area contributed by atoms with Crippen molar-refractivity contribution in [3.8, 4) is 22.7 Å². The fourth-order valence-corrected chi connectivity index (χ4v) is 3.12. The lowest BCUT2D eigenvalue weighted by atomic mass is 10.1. The zero-order valence-corrected chi connectivity index (χ0v) is 15.6. The SMILES string of the molecule is COc1ccc(-c2ccc(CCC(=O)O)n2-c2ccc(C(=O)CN)cc2)cc1. The Hall–Kier alpha value is -3.38. The number of hydrogen-bond donors (Lipinski definition) is 2. The molecular weight excluding hydrogens is 356 g/mol. The van der Waals surface area contributed by atoms with Crippen LogP contribution in [0.3, 0.4) is 0 Å². The van der Waals surface area contributed by atoms with Gasteiger partial charge in [-0.15, -0.1) is 0 Å². The van der Waals surface area contributed by atoms with E-state index < -0.39 is 5.97 Å². The standard InChI is InChI=1S/C22H22N2O4/c1-28-19-10-4-15(5-11-19)20-12-8-18(9-13-22(26)27)24(20)17-6-2-16(3-7-17)21(25)14-23/h2-8,10-12H,9,13-14,23H2,1H3,(H,26,27). The van der Waals surface area contributed by atoms with Crippen LogP contribution in [0.25, 0.3) is 16.9 Å². The van der Waals surface area contributed by atoms with Crippen molar-refractivity contribution in [1.82, 2.24) is 4.57 Å². The van der Waals surface area contributed by atoms with Crippen LogP contribution in [-0.4, -0.2) is 35.1 Å².